The molecule has 3 N–H and O–H groups in total. The summed E-state index contributed by atoms with van der Waals surface area (Å²) in [6.07, 6.45) is 2.13. The number of methoxy groups -OCH3 is 1. The Morgan fingerprint density at radius 1 is 1.32 bits per heavy atom. The maximum atomic E-state index is 12.5. The molecule has 1 aliphatic rings. The number of alkyl halides is 3. The Hall–Kier alpha value is -2.82. The van der Waals surface area contributed by atoms with E-state index in [1.165, 1.54) is 7.11 Å². The number of carbonyl (C=O) groups excluding carboxylic acids is 1. The third-order valence-electron chi connectivity index (χ3n) is 5.76. The molecule has 11 heteroatoms. The van der Waals surface area contributed by atoms with Gasteiger partial charge in [-0.2, -0.15) is 13.2 Å². The fraction of sp³-hybridized carbons (Fsp3) is 0.550. The molecule has 1 fully saturated rings. The number of pyridine rings is 1. The topological polar surface area (TPSA) is 96.9 Å². The first-order valence-corrected chi connectivity index (χ1v) is 10.3. The summed E-state index contributed by atoms with van der Waals surface area (Å²) >= 11 is 0. The molecule has 0 spiro atoms. The molecule has 0 aliphatic heterocycles. The van der Waals surface area contributed by atoms with E-state index >= 15 is 0 Å². The predicted molar refractivity (Wildman–Crippen MR) is 109 cm³/mol. The Labute approximate surface area is 176 Å². The number of hydrogen-bond donors (Lipinski definition) is 3. The van der Waals surface area contributed by atoms with Crippen LogP contribution in [0.25, 0.3) is 22.1 Å². The van der Waals surface area contributed by atoms with E-state index in [0.29, 0.717) is 25.8 Å². The summed E-state index contributed by atoms with van der Waals surface area (Å²) in [5, 5.41) is 6.26. The molecule has 0 radical (unpaired) electrons. The van der Waals surface area contributed by atoms with E-state index in [1.54, 1.807) is 6.20 Å². The van der Waals surface area contributed by atoms with Crippen molar-refractivity contribution in [1.29, 1.82) is 0 Å². The summed E-state index contributed by atoms with van der Waals surface area (Å²) in [5.74, 6) is 0.814. The van der Waals surface area contributed by atoms with Crippen molar-refractivity contribution >= 4 is 28.2 Å². The number of H-pyrrole nitrogens is 1. The van der Waals surface area contributed by atoms with Crippen LogP contribution >= 0.6 is 0 Å². The lowest BCUT2D eigenvalue weighted by molar-refractivity contribution is -0.126. The van der Waals surface area contributed by atoms with Gasteiger partial charge < -0.3 is 24.9 Å². The van der Waals surface area contributed by atoms with Gasteiger partial charge in [0.2, 0.25) is 0 Å². The smallest absolute Gasteiger partial charge is 0.406 e. The summed E-state index contributed by atoms with van der Waals surface area (Å²) in [5.41, 5.74) is 2.48. The predicted octanol–water partition coefficient (Wildman–Crippen LogP) is 3.45. The number of imidazole rings is 1. The number of ether oxygens (including phenoxy) is 1. The van der Waals surface area contributed by atoms with Gasteiger partial charge in [-0.1, -0.05) is 0 Å². The van der Waals surface area contributed by atoms with Crippen molar-refractivity contribution in [2.24, 2.45) is 0 Å². The van der Waals surface area contributed by atoms with Gasteiger partial charge in [0.1, 0.15) is 17.0 Å². The second-order valence-electron chi connectivity index (χ2n) is 7.80. The largest absolute Gasteiger partial charge is 0.453 e. The number of alkyl carbamates (subject to hydrolysis) is 1. The molecule has 4 rings (SSSR count). The molecule has 3 heterocycles. The van der Waals surface area contributed by atoms with Crippen LogP contribution in [0.3, 0.4) is 0 Å². The first kappa shape index (κ1) is 21.4. The number of nitrogens with zero attached hydrogens (tertiary/aromatic N) is 3. The number of aromatic nitrogens is 4. The molecule has 1 amide bonds. The van der Waals surface area contributed by atoms with E-state index in [1.807, 2.05) is 12.3 Å². The monoisotopic (exact) mass is 438 g/mol. The Morgan fingerprint density at radius 2 is 2.10 bits per heavy atom. The standard InChI is InChI=1S/C20H25F3N6O2/c1-31-19(30)25-9-7-16-28-15-10-26-18-14(6-8-24-18)17(15)29(16)13-4-2-12(3-5-13)27-11-20(21,22)23/h6,8,10,12-13,27H,2-5,7,9,11H2,1H3,(H,24,26)(H,25,30). The Bertz CT molecular complexity index is 1050. The van der Waals surface area contributed by atoms with Gasteiger partial charge in [0, 0.05) is 36.6 Å². The minimum Gasteiger partial charge on any atom is -0.453 e. The summed E-state index contributed by atoms with van der Waals surface area (Å²) in [7, 11) is 1.31. The van der Waals surface area contributed by atoms with E-state index in [9.17, 15) is 18.0 Å². The molecule has 3 aromatic rings. The normalized spacial score (nSPS) is 19.7. The lowest BCUT2D eigenvalue weighted by Crippen LogP contribution is -2.39. The highest BCUT2D eigenvalue weighted by molar-refractivity contribution is 6.01. The number of rotatable bonds is 6. The van der Waals surface area contributed by atoms with Gasteiger partial charge in [-0.05, 0) is 31.7 Å². The molecule has 31 heavy (non-hydrogen) atoms. The SMILES string of the molecule is COC(=O)NCCc1nc2cnc3[nH]ccc3c2n1C1CCC(NCC(F)(F)F)CC1. The molecule has 1 saturated carbocycles. The molecule has 0 atom stereocenters. The molecule has 0 saturated heterocycles. The molecule has 3 aromatic heterocycles. The van der Waals surface area contributed by atoms with Crippen molar-refractivity contribution in [3.8, 4) is 0 Å². The van der Waals surface area contributed by atoms with Gasteiger partial charge in [0.05, 0.1) is 25.4 Å². The molecular formula is C20H25F3N6O2. The highest BCUT2D eigenvalue weighted by Crippen LogP contribution is 2.35. The third-order valence-corrected chi connectivity index (χ3v) is 5.76. The Morgan fingerprint density at radius 3 is 2.81 bits per heavy atom. The first-order chi connectivity index (χ1) is 14.9. The van der Waals surface area contributed by atoms with Crippen LogP contribution in [0.15, 0.2) is 18.5 Å². The highest BCUT2D eigenvalue weighted by atomic mass is 19.4. The van der Waals surface area contributed by atoms with Crippen molar-refractivity contribution in [2.75, 3.05) is 20.2 Å². The Kier molecular flexibility index (Phi) is 6.03. The lowest BCUT2D eigenvalue weighted by Gasteiger charge is -2.31. The van der Waals surface area contributed by atoms with Crippen LogP contribution in [0.5, 0.6) is 0 Å². The zero-order valence-corrected chi connectivity index (χ0v) is 17.1. The fourth-order valence-corrected chi connectivity index (χ4v) is 4.36. The van der Waals surface area contributed by atoms with Crippen molar-refractivity contribution in [1.82, 2.24) is 30.2 Å². The van der Waals surface area contributed by atoms with E-state index in [2.05, 4.69) is 29.9 Å². The van der Waals surface area contributed by atoms with Crippen LogP contribution in [-0.4, -0.2) is 58.0 Å². The van der Waals surface area contributed by atoms with Gasteiger partial charge in [0.15, 0.2) is 0 Å². The van der Waals surface area contributed by atoms with E-state index in [4.69, 9.17) is 4.98 Å². The highest BCUT2D eigenvalue weighted by Gasteiger charge is 2.31. The van der Waals surface area contributed by atoms with Gasteiger partial charge in [0.25, 0.3) is 0 Å². The van der Waals surface area contributed by atoms with Crippen LogP contribution in [0, 0.1) is 0 Å². The Balaban J connectivity index is 1.58. The number of amides is 1. The molecule has 0 unspecified atom stereocenters. The maximum absolute atomic E-state index is 12.5. The van der Waals surface area contributed by atoms with Crippen LogP contribution in [-0.2, 0) is 11.2 Å². The molecule has 0 aromatic carbocycles. The lowest BCUT2D eigenvalue weighted by atomic mass is 9.90. The molecule has 8 nitrogen and oxygen atoms in total. The van der Waals surface area contributed by atoms with Gasteiger partial charge >= 0.3 is 12.3 Å². The summed E-state index contributed by atoms with van der Waals surface area (Å²) in [4.78, 5) is 23.7. The van der Waals surface area contributed by atoms with Crippen LogP contribution < -0.4 is 10.6 Å². The van der Waals surface area contributed by atoms with Gasteiger partial charge in [-0.25, -0.2) is 14.8 Å². The summed E-state index contributed by atoms with van der Waals surface area (Å²) in [6, 6.07) is 1.92. The number of halogens is 3. The minimum atomic E-state index is -4.20. The molecule has 1 aliphatic carbocycles. The third kappa shape index (κ3) is 4.76. The number of aromatic amines is 1. The van der Waals surface area contributed by atoms with Gasteiger partial charge in [-0.15, -0.1) is 0 Å². The zero-order chi connectivity index (χ0) is 22.0. The van der Waals surface area contributed by atoms with E-state index in [0.717, 1.165) is 40.7 Å². The molecular weight excluding hydrogens is 413 g/mol. The number of fused-ring (bicyclic) bond motifs is 3. The fourth-order valence-electron chi connectivity index (χ4n) is 4.36. The summed E-state index contributed by atoms with van der Waals surface area (Å²) in [6.45, 7) is -0.599. The van der Waals surface area contributed by atoms with Crippen LogP contribution in [0.1, 0.15) is 37.5 Å². The number of nitrogens with one attached hydrogen (secondary N) is 3. The quantitative estimate of drug-likeness (QED) is 0.548. The van der Waals surface area contributed by atoms with E-state index < -0.39 is 18.8 Å². The van der Waals surface area contributed by atoms with E-state index in [-0.39, 0.29) is 12.1 Å². The van der Waals surface area contributed by atoms with Crippen molar-refractivity contribution < 1.29 is 22.7 Å². The average molecular weight is 438 g/mol. The van der Waals surface area contributed by atoms with Gasteiger partial charge in [-0.3, -0.25) is 0 Å². The summed E-state index contributed by atoms with van der Waals surface area (Å²) < 4.78 is 44.4. The van der Waals surface area contributed by atoms with Crippen LogP contribution in [0.2, 0.25) is 0 Å². The second-order valence-corrected chi connectivity index (χ2v) is 7.80. The van der Waals surface area contributed by atoms with Crippen molar-refractivity contribution in [3.63, 3.8) is 0 Å². The number of carbonyl (C=O) groups is 1. The zero-order valence-electron chi connectivity index (χ0n) is 17.1. The molecule has 0 bridgehead atoms. The van der Waals surface area contributed by atoms with Crippen molar-refractivity contribution in [2.45, 2.75) is 50.4 Å². The maximum Gasteiger partial charge on any atom is 0.406 e. The second kappa shape index (κ2) is 8.74. The average Bonchev–Trinajstić information content (AvgIpc) is 3.36. The minimum absolute atomic E-state index is 0.113. The number of hydrogen-bond acceptors (Lipinski definition) is 5. The first-order valence-electron chi connectivity index (χ1n) is 10.3. The van der Waals surface area contributed by atoms with Crippen LogP contribution in [0.4, 0.5) is 18.0 Å². The molecule has 168 valence electrons. The van der Waals surface area contributed by atoms with Crippen molar-refractivity contribution in [3.05, 3.63) is 24.3 Å².